The van der Waals surface area contributed by atoms with Crippen LogP contribution in [0.2, 0.25) is 18.1 Å². The summed E-state index contributed by atoms with van der Waals surface area (Å²) in [6.07, 6.45) is 0.991. The third kappa shape index (κ3) is 7.42. The van der Waals surface area contributed by atoms with Gasteiger partial charge in [0.25, 0.3) is 0 Å². The number of hydrogen-bond donors (Lipinski definition) is 0. The second-order valence-electron chi connectivity index (χ2n) is 7.95. The fraction of sp³-hybridized carbons (Fsp3) is 0.789. The van der Waals surface area contributed by atoms with E-state index < -0.39 is 26.5 Å². The molecule has 0 N–H and O–H groups in total. The lowest BCUT2D eigenvalue weighted by Gasteiger charge is -2.42. The summed E-state index contributed by atoms with van der Waals surface area (Å²) in [6.45, 7) is 18.5. The number of allylic oxidation sites excluding steroid dienone is 1. The third-order valence-electron chi connectivity index (χ3n) is 4.83. The molecule has 25 heavy (non-hydrogen) atoms. The Morgan fingerprint density at radius 1 is 1.24 bits per heavy atom. The molecule has 6 heteroatoms. The van der Waals surface area contributed by atoms with Crippen LogP contribution in [0.4, 0.5) is 0 Å². The third-order valence-corrected chi connectivity index (χ3v) is 9.30. The van der Waals surface area contributed by atoms with E-state index in [-0.39, 0.29) is 29.8 Å². The minimum Gasteiger partial charge on any atom is -0.466 e. The van der Waals surface area contributed by atoms with Crippen molar-refractivity contribution >= 4 is 20.1 Å². The SMILES string of the molecule is C=CC[C@@H](C)[C@H](O[Si](C)(C)C(C)(C)C)[C@@H](OC)C(=O)CC(=O)OCC. The summed E-state index contributed by atoms with van der Waals surface area (Å²) < 4.78 is 16.9. The molecular weight excluding hydrogens is 336 g/mol. The first-order valence-electron chi connectivity index (χ1n) is 8.91. The quantitative estimate of drug-likeness (QED) is 0.236. The van der Waals surface area contributed by atoms with Crippen molar-refractivity contribution in [3.05, 3.63) is 12.7 Å². The molecule has 0 bridgehead atoms. The van der Waals surface area contributed by atoms with Crippen LogP contribution >= 0.6 is 0 Å². The molecular formula is C19H36O5Si. The van der Waals surface area contributed by atoms with Crippen molar-refractivity contribution in [2.24, 2.45) is 5.92 Å². The zero-order valence-corrected chi connectivity index (χ0v) is 18.2. The Morgan fingerprint density at radius 3 is 2.20 bits per heavy atom. The van der Waals surface area contributed by atoms with Gasteiger partial charge in [-0.2, -0.15) is 0 Å². The van der Waals surface area contributed by atoms with Crippen LogP contribution in [0.5, 0.6) is 0 Å². The van der Waals surface area contributed by atoms with E-state index >= 15 is 0 Å². The summed E-state index contributed by atoms with van der Waals surface area (Å²) in [5.74, 6) is -0.791. The minimum atomic E-state index is -2.12. The minimum absolute atomic E-state index is 0.00162. The van der Waals surface area contributed by atoms with Crippen LogP contribution in [-0.4, -0.2) is 46.0 Å². The van der Waals surface area contributed by atoms with Gasteiger partial charge in [0.05, 0.1) is 12.7 Å². The van der Waals surface area contributed by atoms with Crippen molar-refractivity contribution < 1.29 is 23.5 Å². The van der Waals surface area contributed by atoms with Crippen molar-refractivity contribution in [2.75, 3.05) is 13.7 Å². The summed E-state index contributed by atoms with van der Waals surface area (Å²) in [6, 6.07) is 0. The molecule has 0 aromatic rings. The van der Waals surface area contributed by atoms with Gasteiger partial charge in [0.2, 0.25) is 0 Å². The standard InChI is InChI=1S/C19H36O5Si/c1-10-12-14(3)17(24-25(8,9)19(4,5)6)18(22-7)15(20)13-16(21)23-11-2/h10,14,17-18H,1,11-13H2,2-9H3/t14-,17+,18+/m1/s1. The van der Waals surface area contributed by atoms with E-state index in [2.05, 4.69) is 40.4 Å². The maximum Gasteiger partial charge on any atom is 0.313 e. The molecule has 0 spiro atoms. The van der Waals surface area contributed by atoms with Gasteiger partial charge in [0.15, 0.2) is 14.1 Å². The monoisotopic (exact) mass is 372 g/mol. The normalized spacial score (nSPS) is 16.0. The molecule has 0 radical (unpaired) electrons. The fourth-order valence-corrected chi connectivity index (χ4v) is 3.68. The molecule has 0 rings (SSSR count). The number of methoxy groups -OCH3 is 1. The Labute approximate surface area is 154 Å². The smallest absolute Gasteiger partial charge is 0.313 e. The fourth-order valence-electron chi connectivity index (χ4n) is 2.29. The molecule has 0 saturated carbocycles. The number of carbonyl (C=O) groups excluding carboxylic acids is 2. The Morgan fingerprint density at radius 2 is 1.80 bits per heavy atom. The summed E-state index contributed by atoms with van der Waals surface area (Å²) in [4.78, 5) is 24.3. The zero-order chi connectivity index (χ0) is 19.8. The number of Topliss-reactive ketones (excluding diaryl/α,β-unsaturated/α-hetero) is 1. The summed E-state index contributed by atoms with van der Waals surface area (Å²) in [5, 5.41) is 0.00162. The van der Waals surface area contributed by atoms with Gasteiger partial charge in [0, 0.05) is 7.11 Å². The van der Waals surface area contributed by atoms with E-state index in [0.717, 1.165) is 0 Å². The van der Waals surface area contributed by atoms with Gasteiger partial charge in [0.1, 0.15) is 12.5 Å². The highest BCUT2D eigenvalue weighted by Crippen LogP contribution is 2.39. The van der Waals surface area contributed by atoms with Crippen LogP contribution in [0.3, 0.4) is 0 Å². The van der Waals surface area contributed by atoms with Crippen molar-refractivity contribution in [1.29, 1.82) is 0 Å². The Bertz CT molecular complexity index is 453. The molecule has 0 aliphatic heterocycles. The molecule has 0 aromatic carbocycles. The average Bonchev–Trinajstić information content (AvgIpc) is 2.45. The van der Waals surface area contributed by atoms with Gasteiger partial charge >= 0.3 is 5.97 Å². The summed E-state index contributed by atoms with van der Waals surface area (Å²) >= 11 is 0. The Balaban J connectivity index is 5.51. The van der Waals surface area contributed by atoms with Crippen molar-refractivity contribution in [3.63, 3.8) is 0 Å². The highest BCUT2D eigenvalue weighted by molar-refractivity contribution is 6.74. The second kappa shape index (κ2) is 10.2. The lowest BCUT2D eigenvalue weighted by Crippen LogP contribution is -2.51. The molecule has 0 aliphatic carbocycles. The predicted molar refractivity (Wildman–Crippen MR) is 103 cm³/mol. The molecule has 5 nitrogen and oxygen atoms in total. The van der Waals surface area contributed by atoms with Crippen LogP contribution in [0.1, 0.15) is 47.5 Å². The number of esters is 1. The van der Waals surface area contributed by atoms with Crippen molar-refractivity contribution in [3.8, 4) is 0 Å². The van der Waals surface area contributed by atoms with E-state index in [1.807, 2.05) is 13.0 Å². The molecule has 0 heterocycles. The Kier molecular flexibility index (Phi) is 9.83. The number of ether oxygens (including phenoxy) is 2. The van der Waals surface area contributed by atoms with E-state index in [9.17, 15) is 9.59 Å². The van der Waals surface area contributed by atoms with E-state index in [1.54, 1.807) is 6.92 Å². The van der Waals surface area contributed by atoms with Crippen molar-refractivity contribution in [1.82, 2.24) is 0 Å². The van der Waals surface area contributed by atoms with Gasteiger partial charge in [-0.05, 0) is 37.4 Å². The highest BCUT2D eigenvalue weighted by atomic mass is 28.4. The molecule has 0 aliphatic rings. The number of hydrogen-bond acceptors (Lipinski definition) is 5. The first-order valence-corrected chi connectivity index (χ1v) is 11.8. The van der Waals surface area contributed by atoms with Crippen LogP contribution in [-0.2, 0) is 23.5 Å². The van der Waals surface area contributed by atoms with Crippen LogP contribution in [0.15, 0.2) is 12.7 Å². The first-order chi connectivity index (χ1) is 11.4. The molecule has 0 unspecified atom stereocenters. The topological polar surface area (TPSA) is 61.8 Å². The zero-order valence-electron chi connectivity index (χ0n) is 17.2. The molecule has 3 atom stereocenters. The van der Waals surface area contributed by atoms with Gasteiger partial charge in [-0.3, -0.25) is 9.59 Å². The molecule has 0 aromatic heterocycles. The molecule has 0 amide bonds. The Hall–Kier alpha value is -0.983. The molecule has 0 fully saturated rings. The van der Waals surface area contributed by atoms with Gasteiger partial charge in [-0.1, -0.05) is 33.8 Å². The first kappa shape index (κ1) is 24.0. The lowest BCUT2D eigenvalue weighted by atomic mass is 9.93. The molecule has 146 valence electrons. The largest absolute Gasteiger partial charge is 0.466 e. The van der Waals surface area contributed by atoms with Crippen LogP contribution < -0.4 is 0 Å². The van der Waals surface area contributed by atoms with E-state index in [0.29, 0.717) is 6.42 Å². The number of carbonyl (C=O) groups is 2. The van der Waals surface area contributed by atoms with Gasteiger partial charge in [-0.15, -0.1) is 6.58 Å². The number of ketones is 1. The van der Waals surface area contributed by atoms with E-state index in [4.69, 9.17) is 13.9 Å². The highest BCUT2D eigenvalue weighted by Gasteiger charge is 2.43. The maximum absolute atomic E-state index is 12.6. The summed E-state index contributed by atoms with van der Waals surface area (Å²) in [7, 11) is -0.640. The van der Waals surface area contributed by atoms with Crippen LogP contribution in [0.25, 0.3) is 0 Å². The summed E-state index contributed by atoms with van der Waals surface area (Å²) in [5.41, 5.74) is 0. The van der Waals surface area contributed by atoms with Gasteiger partial charge in [-0.25, -0.2) is 0 Å². The van der Waals surface area contributed by atoms with Crippen LogP contribution in [0, 0.1) is 5.92 Å². The second-order valence-corrected chi connectivity index (χ2v) is 12.7. The van der Waals surface area contributed by atoms with Crippen molar-refractivity contribution in [2.45, 2.75) is 77.8 Å². The average molecular weight is 373 g/mol. The molecule has 0 saturated heterocycles. The van der Waals surface area contributed by atoms with Gasteiger partial charge < -0.3 is 13.9 Å². The van der Waals surface area contributed by atoms with E-state index in [1.165, 1.54) is 7.11 Å². The maximum atomic E-state index is 12.6. The lowest BCUT2D eigenvalue weighted by molar-refractivity contribution is -0.150. The number of rotatable bonds is 11. The predicted octanol–water partition coefficient (Wildman–Crippen LogP) is 4.13.